The maximum Gasteiger partial charge on any atom is 0.0946 e. The topological polar surface area (TPSA) is 38.0 Å². The van der Waals surface area contributed by atoms with E-state index in [1.54, 1.807) is 12.5 Å². The molecular weight excluding hydrogens is 140 g/mol. The smallest absolute Gasteiger partial charge is 0.0946 e. The van der Waals surface area contributed by atoms with Crippen LogP contribution < -0.4 is 0 Å². The first-order valence-electron chi connectivity index (χ1n) is 3.82. The predicted octanol–water partition coefficient (Wildman–Crippen LogP) is 1.04. The number of imidazole rings is 1. The van der Waals surface area contributed by atoms with Crippen LogP contribution in [0.25, 0.3) is 0 Å². The number of aliphatic hydroxyl groups is 1. The number of aromatic nitrogens is 2. The molecule has 0 aromatic carbocycles. The van der Waals surface area contributed by atoms with Crippen molar-refractivity contribution in [3.05, 3.63) is 18.7 Å². The summed E-state index contributed by atoms with van der Waals surface area (Å²) in [5.74, 6) is 0. The fourth-order valence-corrected chi connectivity index (χ4v) is 0.885. The van der Waals surface area contributed by atoms with Crippen LogP contribution in [0.15, 0.2) is 18.7 Å². The van der Waals surface area contributed by atoms with Gasteiger partial charge in [0.1, 0.15) is 0 Å². The van der Waals surface area contributed by atoms with Crippen molar-refractivity contribution < 1.29 is 5.11 Å². The molecular formula is C8H14N2O. The predicted molar refractivity (Wildman–Crippen MR) is 43.1 cm³/mol. The largest absolute Gasteiger partial charge is 0.388 e. The molecule has 1 heterocycles. The van der Waals surface area contributed by atoms with Crippen molar-refractivity contribution in [3.63, 3.8) is 0 Å². The molecule has 0 amide bonds. The van der Waals surface area contributed by atoms with Crippen LogP contribution in [0.4, 0.5) is 0 Å². The minimum Gasteiger partial charge on any atom is -0.388 e. The number of hydrogen-bond acceptors (Lipinski definition) is 2. The van der Waals surface area contributed by atoms with Crippen LogP contribution in [0, 0.1) is 0 Å². The van der Waals surface area contributed by atoms with Crippen molar-refractivity contribution >= 4 is 0 Å². The summed E-state index contributed by atoms with van der Waals surface area (Å²) in [6.45, 7) is 4.41. The highest BCUT2D eigenvalue weighted by Gasteiger charge is 2.17. The van der Waals surface area contributed by atoms with E-state index in [9.17, 15) is 5.11 Å². The molecule has 1 atom stereocenters. The van der Waals surface area contributed by atoms with Gasteiger partial charge in [-0.05, 0) is 13.3 Å². The third-order valence-corrected chi connectivity index (χ3v) is 1.84. The van der Waals surface area contributed by atoms with Crippen LogP contribution in [0.2, 0.25) is 0 Å². The van der Waals surface area contributed by atoms with Crippen LogP contribution in [-0.4, -0.2) is 20.3 Å². The highest BCUT2D eigenvalue weighted by molar-refractivity contribution is 4.79. The molecule has 0 radical (unpaired) electrons. The Bertz CT molecular complexity index is 204. The van der Waals surface area contributed by atoms with Gasteiger partial charge in [-0.15, -0.1) is 0 Å². The molecule has 1 N–H and O–H groups in total. The van der Waals surface area contributed by atoms with Crippen LogP contribution in [0.3, 0.4) is 0 Å². The fourth-order valence-electron chi connectivity index (χ4n) is 0.885. The lowest BCUT2D eigenvalue weighted by Gasteiger charge is -2.21. The molecule has 0 saturated heterocycles. The van der Waals surface area contributed by atoms with Crippen molar-refractivity contribution in [3.8, 4) is 0 Å². The lowest BCUT2D eigenvalue weighted by molar-refractivity contribution is 0.0379. The van der Waals surface area contributed by atoms with Crippen LogP contribution in [0.5, 0.6) is 0 Å². The number of nitrogens with zero attached hydrogens (tertiary/aromatic N) is 2. The maximum atomic E-state index is 9.65. The number of rotatable bonds is 3. The summed E-state index contributed by atoms with van der Waals surface area (Å²) in [5, 5.41) is 9.65. The van der Waals surface area contributed by atoms with Gasteiger partial charge in [0.15, 0.2) is 0 Å². The van der Waals surface area contributed by atoms with Crippen molar-refractivity contribution in [2.24, 2.45) is 0 Å². The molecule has 62 valence electrons. The highest BCUT2D eigenvalue weighted by atomic mass is 16.3. The zero-order valence-corrected chi connectivity index (χ0v) is 6.99. The molecule has 0 spiro atoms. The van der Waals surface area contributed by atoms with Crippen molar-refractivity contribution in [1.82, 2.24) is 9.55 Å². The molecule has 0 saturated carbocycles. The summed E-state index contributed by atoms with van der Waals surface area (Å²) in [7, 11) is 0. The van der Waals surface area contributed by atoms with Gasteiger partial charge >= 0.3 is 0 Å². The first kappa shape index (κ1) is 8.27. The molecule has 0 aliphatic rings. The second-order valence-electron chi connectivity index (χ2n) is 3.09. The van der Waals surface area contributed by atoms with E-state index in [0.717, 1.165) is 6.42 Å². The second kappa shape index (κ2) is 3.05. The van der Waals surface area contributed by atoms with Gasteiger partial charge in [0.25, 0.3) is 0 Å². The average molecular weight is 154 g/mol. The van der Waals surface area contributed by atoms with Gasteiger partial charge in [-0.3, -0.25) is 0 Å². The van der Waals surface area contributed by atoms with Crippen molar-refractivity contribution in [2.75, 3.05) is 0 Å². The summed E-state index contributed by atoms with van der Waals surface area (Å²) < 4.78 is 1.88. The normalized spacial score (nSPS) is 16.3. The highest BCUT2D eigenvalue weighted by Crippen LogP contribution is 2.10. The van der Waals surface area contributed by atoms with E-state index in [4.69, 9.17) is 0 Å². The molecule has 3 heteroatoms. The Labute approximate surface area is 66.7 Å². The molecule has 0 bridgehead atoms. The van der Waals surface area contributed by atoms with Gasteiger partial charge in [0, 0.05) is 12.4 Å². The summed E-state index contributed by atoms with van der Waals surface area (Å²) in [6, 6.07) is 0. The van der Waals surface area contributed by atoms with Gasteiger partial charge in [-0.1, -0.05) is 6.92 Å². The Morgan fingerprint density at radius 2 is 2.36 bits per heavy atom. The van der Waals surface area contributed by atoms with E-state index in [1.165, 1.54) is 0 Å². The quantitative estimate of drug-likeness (QED) is 0.706. The third kappa shape index (κ3) is 2.35. The Balaban J connectivity index is 2.56. The van der Waals surface area contributed by atoms with Gasteiger partial charge in [-0.25, -0.2) is 4.98 Å². The molecule has 0 fully saturated rings. The summed E-state index contributed by atoms with van der Waals surface area (Å²) in [5.41, 5.74) is -0.610. The molecule has 1 aromatic heterocycles. The van der Waals surface area contributed by atoms with E-state index in [1.807, 2.05) is 24.6 Å². The van der Waals surface area contributed by atoms with E-state index in [0.29, 0.717) is 6.54 Å². The second-order valence-corrected chi connectivity index (χ2v) is 3.09. The zero-order valence-electron chi connectivity index (χ0n) is 6.99. The third-order valence-electron chi connectivity index (χ3n) is 1.84. The Hall–Kier alpha value is -0.830. The van der Waals surface area contributed by atoms with Crippen molar-refractivity contribution in [2.45, 2.75) is 32.4 Å². The molecule has 1 aromatic rings. The van der Waals surface area contributed by atoms with E-state index in [2.05, 4.69) is 4.98 Å². The van der Waals surface area contributed by atoms with Gasteiger partial charge in [-0.2, -0.15) is 0 Å². The Kier molecular flexibility index (Phi) is 2.29. The van der Waals surface area contributed by atoms with E-state index >= 15 is 0 Å². The average Bonchev–Trinajstić information content (AvgIpc) is 2.39. The van der Waals surface area contributed by atoms with Crippen LogP contribution >= 0.6 is 0 Å². The molecule has 0 aliphatic heterocycles. The minimum absolute atomic E-state index is 0.610. The van der Waals surface area contributed by atoms with Crippen molar-refractivity contribution in [1.29, 1.82) is 0 Å². The first-order chi connectivity index (χ1) is 5.14. The minimum atomic E-state index is -0.610. The summed E-state index contributed by atoms with van der Waals surface area (Å²) in [6.07, 6.45) is 6.03. The first-order valence-corrected chi connectivity index (χ1v) is 3.82. The van der Waals surface area contributed by atoms with E-state index in [-0.39, 0.29) is 0 Å². The fraction of sp³-hybridized carbons (Fsp3) is 0.625. The monoisotopic (exact) mass is 154 g/mol. The number of hydrogen-bond donors (Lipinski definition) is 1. The lowest BCUT2D eigenvalue weighted by Crippen LogP contribution is -2.28. The van der Waals surface area contributed by atoms with Gasteiger partial charge < -0.3 is 9.67 Å². The molecule has 1 rings (SSSR count). The zero-order chi connectivity index (χ0) is 8.32. The SMILES string of the molecule is CCC(C)(O)Cn1ccnc1. The van der Waals surface area contributed by atoms with Gasteiger partial charge in [0.2, 0.25) is 0 Å². The summed E-state index contributed by atoms with van der Waals surface area (Å²) >= 11 is 0. The maximum absolute atomic E-state index is 9.65. The lowest BCUT2D eigenvalue weighted by atomic mass is 10.0. The van der Waals surface area contributed by atoms with Gasteiger partial charge in [0.05, 0.1) is 18.5 Å². The summed E-state index contributed by atoms with van der Waals surface area (Å²) in [4.78, 5) is 3.89. The molecule has 11 heavy (non-hydrogen) atoms. The van der Waals surface area contributed by atoms with Crippen LogP contribution in [0.1, 0.15) is 20.3 Å². The Morgan fingerprint density at radius 1 is 1.64 bits per heavy atom. The van der Waals surface area contributed by atoms with E-state index < -0.39 is 5.60 Å². The molecule has 3 nitrogen and oxygen atoms in total. The van der Waals surface area contributed by atoms with Crippen LogP contribution in [-0.2, 0) is 6.54 Å². The molecule has 1 unspecified atom stereocenters. The molecule has 0 aliphatic carbocycles. The Morgan fingerprint density at radius 3 is 2.82 bits per heavy atom. The standard InChI is InChI=1S/C8H14N2O/c1-3-8(2,11)6-10-5-4-9-7-10/h4-5,7,11H,3,6H2,1-2H3.